The molecular formula is C13H14N2O5. The van der Waals surface area contributed by atoms with Gasteiger partial charge in [-0.2, -0.15) is 4.68 Å². The van der Waals surface area contributed by atoms with Gasteiger partial charge < -0.3 is 14.9 Å². The molecule has 20 heavy (non-hydrogen) atoms. The van der Waals surface area contributed by atoms with E-state index in [1.165, 1.54) is 18.2 Å². The van der Waals surface area contributed by atoms with Gasteiger partial charge in [-0.15, -0.1) is 5.10 Å². The molecule has 7 heteroatoms. The zero-order valence-corrected chi connectivity index (χ0v) is 11.2. The van der Waals surface area contributed by atoms with Crippen LogP contribution in [-0.4, -0.2) is 37.7 Å². The zero-order valence-electron chi connectivity index (χ0n) is 11.2. The van der Waals surface area contributed by atoms with Gasteiger partial charge in [-0.05, 0) is 39.0 Å². The minimum Gasteiger partial charge on any atom is -0.492 e. The SMILES string of the molecule is CC(C)(C)OC(=O)n1nc(O)c2cc(C(=O)O)ccc21. The molecule has 1 heterocycles. The predicted octanol–water partition coefficient (Wildman–Crippen LogP) is 2.22. The Morgan fingerprint density at radius 1 is 1.30 bits per heavy atom. The van der Waals surface area contributed by atoms with Crippen molar-refractivity contribution < 1.29 is 24.5 Å². The molecule has 2 rings (SSSR count). The van der Waals surface area contributed by atoms with Crippen LogP contribution in [0.1, 0.15) is 31.1 Å². The van der Waals surface area contributed by atoms with Crippen molar-refractivity contribution in [3.63, 3.8) is 0 Å². The van der Waals surface area contributed by atoms with Gasteiger partial charge in [0.25, 0.3) is 0 Å². The van der Waals surface area contributed by atoms with Crippen molar-refractivity contribution in [3.8, 4) is 5.88 Å². The molecule has 0 unspecified atom stereocenters. The third kappa shape index (κ3) is 2.56. The monoisotopic (exact) mass is 278 g/mol. The van der Waals surface area contributed by atoms with Crippen molar-refractivity contribution in [3.05, 3.63) is 23.8 Å². The standard InChI is InChI=1S/C13H14N2O5/c1-13(2,3)20-12(19)15-9-5-4-7(11(17)18)6-8(9)10(16)14-15/h4-6H,1-3H3,(H,14,16)(H,17,18). The topological polar surface area (TPSA) is 102 Å². The quantitative estimate of drug-likeness (QED) is 0.829. The van der Waals surface area contributed by atoms with E-state index < -0.39 is 23.5 Å². The molecule has 0 aliphatic carbocycles. The molecule has 0 radical (unpaired) electrons. The van der Waals surface area contributed by atoms with Gasteiger partial charge in [-0.3, -0.25) is 0 Å². The van der Waals surface area contributed by atoms with Crippen LogP contribution in [0, 0.1) is 0 Å². The van der Waals surface area contributed by atoms with Gasteiger partial charge in [-0.25, -0.2) is 9.59 Å². The van der Waals surface area contributed by atoms with Crippen LogP contribution in [0.2, 0.25) is 0 Å². The first-order valence-electron chi connectivity index (χ1n) is 5.87. The van der Waals surface area contributed by atoms with Gasteiger partial charge in [0.2, 0.25) is 5.88 Å². The number of rotatable bonds is 1. The largest absolute Gasteiger partial charge is 0.492 e. The fourth-order valence-electron chi connectivity index (χ4n) is 1.68. The highest BCUT2D eigenvalue weighted by Gasteiger charge is 2.22. The van der Waals surface area contributed by atoms with Crippen LogP contribution >= 0.6 is 0 Å². The van der Waals surface area contributed by atoms with Gasteiger partial charge in [0.1, 0.15) is 5.60 Å². The van der Waals surface area contributed by atoms with E-state index in [-0.39, 0.29) is 16.5 Å². The summed E-state index contributed by atoms with van der Waals surface area (Å²) in [4.78, 5) is 22.8. The second-order valence-corrected chi connectivity index (χ2v) is 5.25. The van der Waals surface area contributed by atoms with Crippen molar-refractivity contribution in [2.45, 2.75) is 26.4 Å². The predicted molar refractivity (Wildman–Crippen MR) is 70.0 cm³/mol. The maximum atomic E-state index is 12.0. The first kappa shape index (κ1) is 13.9. The Kier molecular flexibility index (Phi) is 3.13. The van der Waals surface area contributed by atoms with Crippen molar-refractivity contribution in [2.75, 3.05) is 0 Å². The number of carbonyl (C=O) groups excluding carboxylic acids is 1. The number of carboxylic acid groups (broad SMARTS) is 1. The number of hydrogen-bond donors (Lipinski definition) is 2. The van der Waals surface area contributed by atoms with Crippen LogP contribution in [0.5, 0.6) is 5.88 Å². The first-order valence-corrected chi connectivity index (χ1v) is 5.87. The van der Waals surface area contributed by atoms with E-state index in [1.54, 1.807) is 20.8 Å². The fourth-order valence-corrected chi connectivity index (χ4v) is 1.68. The molecule has 0 amide bonds. The van der Waals surface area contributed by atoms with Crippen LogP contribution in [0.15, 0.2) is 18.2 Å². The van der Waals surface area contributed by atoms with E-state index in [4.69, 9.17) is 9.84 Å². The number of nitrogens with zero attached hydrogens (tertiary/aromatic N) is 2. The number of carboxylic acids is 1. The number of aromatic hydroxyl groups is 1. The number of aromatic carboxylic acids is 1. The summed E-state index contributed by atoms with van der Waals surface area (Å²) in [6.45, 7) is 5.12. The molecular weight excluding hydrogens is 264 g/mol. The number of carbonyl (C=O) groups is 2. The fraction of sp³-hybridized carbons (Fsp3) is 0.308. The number of hydrogen-bond acceptors (Lipinski definition) is 5. The maximum absolute atomic E-state index is 12.0. The summed E-state index contributed by atoms with van der Waals surface area (Å²) >= 11 is 0. The summed E-state index contributed by atoms with van der Waals surface area (Å²) in [7, 11) is 0. The Labute approximate surface area is 114 Å². The molecule has 1 aromatic heterocycles. The van der Waals surface area contributed by atoms with E-state index in [0.29, 0.717) is 0 Å². The molecule has 2 N–H and O–H groups in total. The molecule has 0 aliphatic heterocycles. The van der Waals surface area contributed by atoms with Crippen LogP contribution in [0.3, 0.4) is 0 Å². The Morgan fingerprint density at radius 3 is 2.50 bits per heavy atom. The molecule has 0 bridgehead atoms. The summed E-state index contributed by atoms with van der Waals surface area (Å²) in [5.74, 6) is -1.55. The highest BCUT2D eigenvalue weighted by molar-refractivity contribution is 5.97. The highest BCUT2D eigenvalue weighted by atomic mass is 16.6. The van der Waals surface area contributed by atoms with Gasteiger partial charge in [0.05, 0.1) is 16.5 Å². The van der Waals surface area contributed by atoms with Crippen LogP contribution in [0.25, 0.3) is 10.9 Å². The van der Waals surface area contributed by atoms with E-state index >= 15 is 0 Å². The van der Waals surface area contributed by atoms with E-state index in [1.807, 2.05) is 0 Å². The Balaban J connectivity index is 2.51. The minimum absolute atomic E-state index is 0.00320. The number of benzene rings is 1. The van der Waals surface area contributed by atoms with Crippen molar-refractivity contribution in [1.29, 1.82) is 0 Å². The minimum atomic E-state index is -1.13. The van der Waals surface area contributed by atoms with E-state index in [9.17, 15) is 14.7 Å². The second kappa shape index (κ2) is 4.52. The number of fused-ring (bicyclic) bond motifs is 1. The lowest BCUT2D eigenvalue weighted by molar-refractivity contribution is 0.0520. The lowest BCUT2D eigenvalue weighted by atomic mass is 10.1. The number of ether oxygens (including phenoxy) is 1. The molecule has 0 atom stereocenters. The Bertz CT molecular complexity index is 697. The lowest BCUT2D eigenvalue weighted by Gasteiger charge is -2.19. The van der Waals surface area contributed by atoms with Crippen LogP contribution < -0.4 is 0 Å². The van der Waals surface area contributed by atoms with Crippen LogP contribution in [-0.2, 0) is 4.74 Å². The third-order valence-corrected chi connectivity index (χ3v) is 2.47. The summed E-state index contributed by atoms with van der Waals surface area (Å²) in [5.41, 5.74) is -0.426. The Hall–Kier alpha value is -2.57. The van der Waals surface area contributed by atoms with Gasteiger partial charge in [-0.1, -0.05) is 0 Å². The molecule has 7 nitrogen and oxygen atoms in total. The van der Waals surface area contributed by atoms with E-state index in [0.717, 1.165) is 4.68 Å². The second-order valence-electron chi connectivity index (χ2n) is 5.25. The van der Waals surface area contributed by atoms with Gasteiger partial charge in [0.15, 0.2) is 0 Å². The molecule has 106 valence electrons. The highest BCUT2D eigenvalue weighted by Crippen LogP contribution is 2.25. The molecule has 0 fully saturated rings. The zero-order chi connectivity index (χ0) is 15.1. The van der Waals surface area contributed by atoms with Crippen molar-refractivity contribution in [1.82, 2.24) is 9.78 Å². The van der Waals surface area contributed by atoms with E-state index in [2.05, 4.69) is 5.10 Å². The maximum Gasteiger partial charge on any atom is 0.435 e. The summed E-state index contributed by atoms with van der Waals surface area (Å²) in [5, 5.41) is 22.5. The van der Waals surface area contributed by atoms with Gasteiger partial charge in [0, 0.05) is 0 Å². The normalized spacial score (nSPS) is 11.6. The smallest absolute Gasteiger partial charge is 0.435 e. The van der Waals surface area contributed by atoms with Crippen molar-refractivity contribution in [2.24, 2.45) is 0 Å². The first-order chi connectivity index (χ1) is 9.19. The molecule has 0 aliphatic rings. The molecule has 0 spiro atoms. The third-order valence-electron chi connectivity index (χ3n) is 2.47. The average Bonchev–Trinajstić information content (AvgIpc) is 2.64. The molecule has 0 saturated carbocycles. The Morgan fingerprint density at radius 2 is 1.95 bits per heavy atom. The average molecular weight is 278 g/mol. The number of aromatic nitrogens is 2. The van der Waals surface area contributed by atoms with Crippen molar-refractivity contribution >= 4 is 23.0 Å². The molecule has 0 saturated heterocycles. The van der Waals surface area contributed by atoms with Gasteiger partial charge >= 0.3 is 12.1 Å². The summed E-state index contributed by atoms with van der Waals surface area (Å²) in [6, 6.07) is 3.98. The summed E-state index contributed by atoms with van der Waals surface area (Å²) in [6.07, 6.45) is -0.745. The molecule has 2 aromatic rings. The van der Waals surface area contributed by atoms with Crippen LogP contribution in [0.4, 0.5) is 4.79 Å². The lowest BCUT2D eigenvalue weighted by Crippen LogP contribution is -2.27. The molecule has 1 aromatic carbocycles. The summed E-state index contributed by atoms with van der Waals surface area (Å²) < 4.78 is 6.06.